The van der Waals surface area contributed by atoms with Crippen molar-refractivity contribution in [1.29, 1.82) is 0 Å². The van der Waals surface area contributed by atoms with Crippen LogP contribution in [0.2, 0.25) is 0 Å². The van der Waals surface area contributed by atoms with Gasteiger partial charge in [0.1, 0.15) is 5.75 Å². The van der Waals surface area contributed by atoms with Gasteiger partial charge in [0.15, 0.2) is 0 Å². The summed E-state index contributed by atoms with van der Waals surface area (Å²) < 4.78 is 5.23. The lowest BCUT2D eigenvalue weighted by molar-refractivity contribution is 0.251. The molecule has 0 unspecified atom stereocenters. The standard InChI is InChI=1S/C20H20N2O2/c1-14-4-3-5-18(10-14)22-20(23)21-13-15-6-7-17-12-19(24-2)9-8-16(17)11-15/h3-12H,13H2,1-2H3,(H2,21,22,23). The summed E-state index contributed by atoms with van der Waals surface area (Å²) in [6, 6.07) is 19.6. The molecule has 2 amide bonds. The minimum atomic E-state index is -0.213. The molecule has 24 heavy (non-hydrogen) atoms. The van der Waals surface area contributed by atoms with Gasteiger partial charge in [-0.15, -0.1) is 0 Å². The lowest BCUT2D eigenvalue weighted by atomic mass is 10.1. The molecule has 2 N–H and O–H groups in total. The van der Waals surface area contributed by atoms with Crippen molar-refractivity contribution < 1.29 is 9.53 Å². The molecule has 0 aliphatic heterocycles. The molecular weight excluding hydrogens is 300 g/mol. The first-order chi connectivity index (χ1) is 11.6. The molecular formula is C20H20N2O2. The first-order valence-corrected chi connectivity index (χ1v) is 7.82. The van der Waals surface area contributed by atoms with Crippen LogP contribution in [0.25, 0.3) is 10.8 Å². The van der Waals surface area contributed by atoms with Crippen molar-refractivity contribution in [3.05, 3.63) is 71.8 Å². The summed E-state index contributed by atoms with van der Waals surface area (Å²) in [7, 11) is 1.66. The molecule has 3 aromatic rings. The maximum atomic E-state index is 12.0. The van der Waals surface area contributed by atoms with E-state index in [1.165, 1.54) is 0 Å². The maximum Gasteiger partial charge on any atom is 0.319 e. The average Bonchev–Trinajstić information content (AvgIpc) is 2.59. The van der Waals surface area contributed by atoms with Crippen LogP contribution in [0.5, 0.6) is 5.75 Å². The molecule has 0 bridgehead atoms. The minimum absolute atomic E-state index is 0.213. The number of carbonyl (C=O) groups excluding carboxylic acids is 1. The quantitative estimate of drug-likeness (QED) is 0.744. The number of aryl methyl sites for hydroxylation is 1. The summed E-state index contributed by atoms with van der Waals surface area (Å²) >= 11 is 0. The number of nitrogens with one attached hydrogen (secondary N) is 2. The molecule has 3 aromatic carbocycles. The molecule has 0 spiro atoms. The highest BCUT2D eigenvalue weighted by molar-refractivity contribution is 5.89. The Morgan fingerprint density at radius 1 is 1.00 bits per heavy atom. The van der Waals surface area contributed by atoms with Gasteiger partial charge in [0.25, 0.3) is 0 Å². The van der Waals surface area contributed by atoms with E-state index >= 15 is 0 Å². The van der Waals surface area contributed by atoms with Crippen molar-refractivity contribution in [2.75, 3.05) is 12.4 Å². The Kier molecular flexibility index (Phi) is 4.66. The molecule has 4 heteroatoms. The number of anilines is 1. The van der Waals surface area contributed by atoms with Crippen LogP contribution < -0.4 is 15.4 Å². The summed E-state index contributed by atoms with van der Waals surface area (Å²) in [6.07, 6.45) is 0. The zero-order chi connectivity index (χ0) is 16.9. The van der Waals surface area contributed by atoms with Gasteiger partial charge in [-0.05, 0) is 59.2 Å². The number of benzene rings is 3. The summed E-state index contributed by atoms with van der Waals surface area (Å²) in [5.74, 6) is 0.839. The number of urea groups is 1. The minimum Gasteiger partial charge on any atom is -0.497 e. The van der Waals surface area contributed by atoms with Crippen LogP contribution in [0.3, 0.4) is 0 Å². The maximum absolute atomic E-state index is 12.0. The van der Waals surface area contributed by atoms with E-state index in [2.05, 4.69) is 16.7 Å². The molecule has 4 nitrogen and oxygen atoms in total. The van der Waals surface area contributed by atoms with Gasteiger partial charge in [-0.2, -0.15) is 0 Å². The zero-order valence-corrected chi connectivity index (χ0v) is 13.8. The number of rotatable bonds is 4. The number of ether oxygens (including phenoxy) is 1. The topological polar surface area (TPSA) is 50.4 Å². The van der Waals surface area contributed by atoms with E-state index in [4.69, 9.17) is 4.74 Å². The van der Waals surface area contributed by atoms with E-state index in [1.54, 1.807) is 7.11 Å². The van der Waals surface area contributed by atoms with E-state index in [1.807, 2.05) is 61.5 Å². The zero-order valence-electron chi connectivity index (χ0n) is 13.8. The van der Waals surface area contributed by atoms with Crippen molar-refractivity contribution in [3.8, 4) is 5.75 Å². The van der Waals surface area contributed by atoms with Crippen molar-refractivity contribution in [2.24, 2.45) is 0 Å². The molecule has 0 aliphatic rings. The van der Waals surface area contributed by atoms with Gasteiger partial charge >= 0.3 is 6.03 Å². The summed E-state index contributed by atoms with van der Waals surface area (Å²) in [5.41, 5.74) is 2.95. The largest absolute Gasteiger partial charge is 0.497 e. The predicted molar refractivity (Wildman–Crippen MR) is 97.5 cm³/mol. The third-order valence-corrected chi connectivity index (χ3v) is 3.84. The summed E-state index contributed by atoms with van der Waals surface area (Å²) in [5, 5.41) is 7.95. The van der Waals surface area contributed by atoms with Crippen LogP contribution in [-0.4, -0.2) is 13.1 Å². The lowest BCUT2D eigenvalue weighted by Crippen LogP contribution is -2.28. The molecule has 0 aliphatic carbocycles. The normalized spacial score (nSPS) is 10.4. The molecule has 0 atom stereocenters. The van der Waals surface area contributed by atoms with Gasteiger partial charge in [-0.1, -0.05) is 30.3 Å². The van der Waals surface area contributed by atoms with Crippen LogP contribution >= 0.6 is 0 Å². The van der Waals surface area contributed by atoms with Gasteiger partial charge in [0, 0.05) is 12.2 Å². The molecule has 0 saturated carbocycles. The van der Waals surface area contributed by atoms with E-state index in [9.17, 15) is 4.79 Å². The second-order valence-electron chi connectivity index (χ2n) is 5.72. The molecule has 0 fully saturated rings. The van der Waals surface area contributed by atoms with E-state index in [0.717, 1.165) is 33.3 Å². The molecule has 0 aromatic heterocycles. The highest BCUT2D eigenvalue weighted by atomic mass is 16.5. The van der Waals surface area contributed by atoms with Crippen LogP contribution in [0, 0.1) is 6.92 Å². The predicted octanol–water partition coefficient (Wildman–Crippen LogP) is 4.48. The van der Waals surface area contributed by atoms with Crippen molar-refractivity contribution in [2.45, 2.75) is 13.5 Å². The van der Waals surface area contributed by atoms with Gasteiger partial charge in [0.05, 0.1) is 7.11 Å². The van der Waals surface area contributed by atoms with Crippen molar-refractivity contribution in [1.82, 2.24) is 5.32 Å². The Morgan fingerprint density at radius 3 is 2.58 bits per heavy atom. The third kappa shape index (κ3) is 3.84. The SMILES string of the molecule is COc1ccc2cc(CNC(=O)Nc3cccc(C)c3)ccc2c1. The van der Waals surface area contributed by atoms with Crippen molar-refractivity contribution in [3.63, 3.8) is 0 Å². The van der Waals surface area contributed by atoms with E-state index in [-0.39, 0.29) is 6.03 Å². The second-order valence-corrected chi connectivity index (χ2v) is 5.72. The number of hydrogen-bond acceptors (Lipinski definition) is 2. The highest BCUT2D eigenvalue weighted by Gasteiger charge is 2.03. The number of methoxy groups -OCH3 is 1. The Morgan fingerprint density at radius 2 is 1.79 bits per heavy atom. The fourth-order valence-corrected chi connectivity index (χ4v) is 2.59. The van der Waals surface area contributed by atoms with Crippen LogP contribution in [0.1, 0.15) is 11.1 Å². The van der Waals surface area contributed by atoms with Crippen LogP contribution in [0.4, 0.5) is 10.5 Å². The Bertz CT molecular complexity index is 874. The molecule has 0 saturated heterocycles. The van der Waals surface area contributed by atoms with E-state index in [0.29, 0.717) is 6.54 Å². The number of amides is 2. The number of fused-ring (bicyclic) bond motifs is 1. The molecule has 122 valence electrons. The van der Waals surface area contributed by atoms with Gasteiger partial charge in [-0.25, -0.2) is 4.79 Å². The summed E-state index contributed by atoms with van der Waals surface area (Å²) in [6.45, 7) is 2.47. The number of hydrogen-bond donors (Lipinski definition) is 2. The van der Waals surface area contributed by atoms with Gasteiger partial charge in [0.2, 0.25) is 0 Å². The van der Waals surface area contributed by atoms with Crippen LogP contribution in [0.15, 0.2) is 60.7 Å². The molecule has 0 radical (unpaired) electrons. The lowest BCUT2D eigenvalue weighted by Gasteiger charge is -2.09. The van der Waals surface area contributed by atoms with Crippen LogP contribution in [-0.2, 0) is 6.54 Å². The fraction of sp³-hybridized carbons (Fsp3) is 0.150. The first-order valence-electron chi connectivity index (χ1n) is 7.82. The molecule has 0 heterocycles. The smallest absolute Gasteiger partial charge is 0.319 e. The second kappa shape index (κ2) is 7.04. The molecule has 3 rings (SSSR count). The van der Waals surface area contributed by atoms with Gasteiger partial charge < -0.3 is 15.4 Å². The fourth-order valence-electron chi connectivity index (χ4n) is 2.59. The highest BCUT2D eigenvalue weighted by Crippen LogP contribution is 2.21. The Balaban J connectivity index is 1.63. The third-order valence-electron chi connectivity index (χ3n) is 3.84. The average molecular weight is 320 g/mol. The van der Waals surface area contributed by atoms with E-state index < -0.39 is 0 Å². The Hall–Kier alpha value is -3.01. The number of carbonyl (C=O) groups is 1. The Labute approximate surface area is 141 Å². The summed E-state index contributed by atoms with van der Waals surface area (Å²) in [4.78, 5) is 12.0. The van der Waals surface area contributed by atoms with Crippen molar-refractivity contribution >= 4 is 22.5 Å². The van der Waals surface area contributed by atoms with Gasteiger partial charge in [-0.3, -0.25) is 0 Å². The first kappa shape index (κ1) is 15.9. The monoisotopic (exact) mass is 320 g/mol.